The van der Waals surface area contributed by atoms with Crippen LogP contribution in [0.3, 0.4) is 0 Å². The third kappa shape index (κ3) is 2.91. The molecule has 0 spiro atoms. The highest BCUT2D eigenvalue weighted by Crippen LogP contribution is 2.34. The Bertz CT molecular complexity index is 802. The van der Waals surface area contributed by atoms with Crippen LogP contribution < -0.4 is 4.74 Å². The van der Waals surface area contributed by atoms with Gasteiger partial charge in [0.05, 0.1) is 7.11 Å². The van der Waals surface area contributed by atoms with Gasteiger partial charge in [-0.05, 0) is 47.9 Å². The van der Waals surface area contributed by atoms with Crippen LogP contribution in [0.15, 0.2) is 42.5 Å². The lowest BCUT2D eigenvalue weighted by Gasteiger charge is -2.14. The molecule has 0 radical (unpaired) electrons. The lowest BCUT2D eigenvalue weighted by molar-refractivity contribution is 0.414. The van der Waals surface area contributed by atoms with E-state index < -0.39 is 0 Å². The Hall–Kier alpha value is -2.42. The molecule has 2 N–H and O–H groups in total. The number of aryl methyl sites for hydroxylation is 1. The maximum absolute atomic E-state index is 9.82. The van der Waals surface area contributed by atoms with E-state index in [4.69, 9.17) is 4.74 Å². The number of nitrogens with one attached hydrogen (secondary N) is 1. The first-order chi connectivity index (χ1) is 11.1. The molecule has 0 aliphatic carbocycles. The van der Waals surface area contributed by atoms with Crippen molar-refractivity contribution >= 4 is 10.9 Å². The Balaban J connectivity index is 2.07. The van der Waals surface area contributed by atoms with Gasteiger partial charge in [0, 0.05) is 22.5 Å². The van der Waals surface area contributed by atoms with E-state index in [9.17, 15) is 5.11 Å². The summed E-state index contributed by atoms with van der Waals surface area (Å²) in [7, 11) is 1.68. The van der Waals surface area contributed by atoms with Crippen LogP contribution >= 0.6 is 0 Å². The van der Waals surface area contributed by atoms with Gasteiger partial charge in [-0.1, -0.05) is 32.4 Å². The number of aromatic hydroxyl groups is 1. The largest absolute Gasteiger partial charge is 0.508 e. The summed E-state index contributed by atoms with van der Waals surface area (Å²) >= 11 is 0. The highest BCUT2D eigenvalue weighted by Gasteiger charge is 2.18. The van der Waals surface area contributed by atoms with Crippen molar-refractivity contribution in [1.29, 1.82) is 0 Å². The van der Waals surface area contributed by atoms with Crippen LogP contribution in [-0.2, 0) is 6.42 Å². The highest BCUT2D eigenvalue weighted by atomic mass is 16.5. The quantitative estimate of drug-likeness (QED) is 0.697. The number of aromatic nitrogens is 1. The molecule has 0 saturated heterocycles. The predicted molar refractivity (Wildman–Crippen MR) is 94.5 cm³/mol. The van der Waals surface area contributed by atoms with Crippen LogP contribution in [0.5, 0.6) is 11.5 Å². The average molecular weight is 309 g/mol. The molecule has 0 fully saturated rings. The number of phenols is 1. The molecule has 120 valence electrons. The monoisotopic (exact) mass is 309 g/mol. The lowest BCUT2D eigenvalue weighted by atomic mass is 9.93. The fraction of sp³-hybridized carbons (Fsp3) is 0.300. The number of fused-ring (bicyclic) bond motifs is 1. The van der Waals surface area contributed by atoms with Crippen LogP contribution in [0.4, 0.5) is 0 Å². The fourth-order valence-electron chi connectivity index (χ4n) is 3.20. The molecular weight excluding hydrogens is 286 g/mol. The Labute approximate surface area is 136 Å². The molecule has 0 amide bonds. The van der Waals surface area contributed by atoms with Crippen LogP contribution in [0.2, 0.25) is 0 Å². The van der Waals surface area contributed by atoms with E-state index in [1.165, 1.54) is 16.8 Å². The number of H-pyrrole nitrogens is 1. The summed E-state index contributed by atoms with van der Waals surface area (Å²) in [5.74, 6) is 1.45. The van der Waals surface area contributed by atoms with Gasteiger partial charge in [0.2, 0.25) is 0 Å². The molecule has 2 aromatic carbocycles. The third-order valence-electron chi connectivity index (χ3n) is 4.47. The zero-order valence-electron chi connectivity index (χ0n) is 13.9. The molecule has 1 heterocycles. The van der Waals surface area contributed by atoms with Gasteiger partial charge >= 0.3 is 0 Å². The average Bonchev–Trinajstić information content (AvgIpc) is 2.93. The van der Waals surface area contributed by atoms with E-state index >= 15 is 0 Å². The van der Waals surface area contributed by atoms with Crippen molar-refractivity contribution in [2.45, 2.75) is 32.6 Å². The van der Waals surface area contributed by atoms with Gasteiger partial charge in [0.1, 0.15) is 11.5 Å². The molecule has 23 heavy (non-hydrogen) atoms. The van der Waals surface area contributed by atoms with Gasteiger partial charge in [-0.25, -0.2) is 0 Å². The van der Waals surface area contributed by atoms with Crippen LogP contribution in [0.25, 0.3) is 10.9 Å². The molecule has 3 rings (SSSR count). The maximum Gasteiger partial charge on any atom is 0.118 e. The van der Waals surface area contributed by atoms with Crippen molar-refractivity contribution in [1.82, 2.24) is 4.98 Å². The Morgan fingerprint density at radius 1 is 1.13 bits per heavy atom. The molecule has 3 aromatic rings. The second-order valence-corrected chi connectivity index (χ2v) is 5.99. The Morgan fingerprint density at radius 3 is 2.52 bits per heavy atom. The minimum atomic E-state index is 0.261. The zero-order valence-corrected chi connectivity index (χ0v) is 13.9. The van der Waals surface area contributed by atoms with E-state index in [2.05, 4.69) is 31.0 Å². The summed E-state index contributed by atoms with van der Waals surface area (Å²) < 4.78 is 5.24. The molecule has 1 unspecified atom stereocenters. The van der Waals surface area contributed by atoms with Gasteiger partial charge in [0.15, 0.2) is 0 Å². The van der Waals surface area contributed by atoms with Gasteiger partial charge in [0.25, 0.3) is 0 Å². The first-order valence-electron chi connectivity index (χ1n) is 8.11. The first kappa shape index (κ1) is 15.5. The van der Waals surface area contributed by atoms with E-state index in [1.54, 1.807) is 13.2 Å². The van der Waals surface area contributed by atoms with E-state index in [0.29, 0.717) is 5.75 Å². The van der Waals surface area contributed by atoms with Crippen LogP contribution in [0.1, 0.15) is 43.0 Å². The van der Waals surface area contributed by atoms with Gasteiger partial charge in [-0.3, -0.25) is 0 Å². The number of phenolic OH excluding ortho intramolecular Hbond substituents is 1. The summed E-state index contributed by atoms with van der Waals surface area (Å²) in [4.78, 5) is 3.56. The third-order valence-corrected chi connectivity index (χ3v) is 4.47. The lowest BCUT2D eigenvalue weighted by Crippen LogP contribution is -2.00. The second kappa shape index (κ2) is 6.37. The standard InChI is InChI=1S/C20H23NO2/c1-4-5-17-18-12-15(22)8-11-19(18)21-20(17)13(2)14-6-9-16(23-3)10-7-14/h6-13,21-22H,4-5H2,1-3H3. The number of aromatic amines is 1. The summed E-state index contributed by atoms with van der Waals surface area (Å²) in [6.45, 7) is 4.40. The SMILES string of the molecule is CCCc1c(C(C)c2ccc(OC)cc2)[nH]c2ccc(O)cc12. The number of hydrogen-bond donors (Lipinski definition) is 2. The molecule has 1 atom stereocenters. The molecule has 1 aromatic heterocycles. The molecule has 0 saturated carbocycles. The van der Waals surface area contributed by atoms with Gasteiger partial charge in [-0.2, -0.15) is 0 Å². The smallest absolute Gasteiger partial charge is 0.118 e. The Morgan fingerprint density at radius 2 is 1.87 bits per heavy atom. The van der Waals surface area contributed by atoms with Crippen LogP contribution in [0, 0.1) is 0 Å². The molecule has 0 bridgehead atoms. The number of benzene rings is 2. The number of hydrogen-bond acceptors (Lipinski definition) is 2. The normalized spacial score (nSPS) is 12.5. The fourth-order valence-corrected chi connectivity index (χ4v) is 3.20. The first-order valence-corrected chi connectivity index (χ1v) is 8.11. The number of rotatable bonds is 5. The van der Waals surface area contributed by atoms with Crippen molar-refractivity contribution in [2.24, 2.45) is 0 Å². The summed E-state index contributed by atoms with van der Waals surface area (Å²) in [6.07, 6.45) is 2.07. The van der Waals surface area contributed by atoms with Crippen molar-refractivity contribution < 1.29 is 9.84 Å². The molecular formula is C20H23NO2. The van der Waals surface area contributed by atoms with E-state index in [-0.39, 0.29) is 5.92 Å². The minimum Gasteiger partial charge on any atom is -0.508 e. The number of methoxy groups -OCH3 is 1. The van der Waals surface area contributed by atoms with E-state index in [0.717, 1.165) is 29.5 Å². The summed E-state index contributed by atoms with van der Waals surface area (Å²) in [5, 5.41) is 10.9. The summed E-state index contributed by atoms with van der Waals surface area (Å²) in [6, 6.07) is 13.8. The van der Waals surface area contributed by atoms with Crippen LogP contribution in [-0.4, -0.2) is 17.2 Å². The predicted octanol–water partition coefficient (Wildman–Crippen LogP) is 4.99. The van der Waals surface area contributed by atoms with Gasteiger partial charge in [-0.15, -0.1) is 0 Å². The van der Waals surface area contributed by atoms with Crippen molar-refractivity contribution in [2.75, 3.05) is 7.11 Å². The summed E-state index contributed by atoms with van der Waals surface area (Å²) in [5.41, 5.74) is 4.87. The van der Waals surface area contributed by atoms with E-state index in [1.807, 2.05) is 24.3 Å². The second-order valence-electron chi connectivity index (χ2n) is 5.99. The topological polar surface area (TPSA) is 45.2 Å². The maximum atomic E-state index is 9.82. The van der Waals surface area contributed by atoms with Crippen molar-refractivity contribution in [3.05, 3.63) is 59.3 Å². The van der Waals surface area contributed by atoms with Crippen molar-refractivity contribution in [3.63, 3.8) is 0 Å². The zero-order chi connectivity index (χ0) is 16.4. The minimum absolute atomic E-state index is 0.261. The van der Waals surface area contributed by atoms with Gasteiger partial charge < -0.3 is 14.8 Å². The Kier molecular flexibility index (Phi) is 4.28. The number of ether oxygens (including phenoxy) is 1. The molecule has 3 heteroatoms. The highest BCUT2D eigenvalue weighted by molar-refractivity contribution is 5.86. The molecule has 0 aliphatic heterocycles. The molecule has 3 nitrogen and oxygen atoms in total. The molecule has 0 aliphatic rings. The van der Waals surface area contributed by atoms with Crippen molar-refractivity contribution in [3.8, 4) is 11.5 Å².